The molecular formula is C29H39FN4O4. The number of hydrogen-bond acceptors (Lipinski definition) is 6. The quantitative estimate of drug-likeness (QED) is 0.491. The first-order valence-electron chi connectivity index (χ1n) is 13.6. The van der Waals surface area contributed by atoms with Crippen LogP contribution in [-0.2, 0) is 4.79 Å². The smallest absolute Gasteiger partial charge is 0.254 e. The number of pyridine rings is 1. The number of primary amides is 1. The third-order valence-corrected chi connectivity index (χ3v) is 8.00. The van der Waals surface area contributed by atoms with Crippen LogP contribution in [0.15, 0.2) is 42.6 Å². The number of likely N-dealkylation sites (tertiary alicyclic amines) is 2. The molecule has 2 atom stereocenters. The molecule has 4 rings (SSSR count). The number of nitrogens with zero attached hydrogens (tertiary/aromatic N) is 3. The molecule has 2 aliphatic rings. The molecule has 2 fully saturated rings. The number of nitrogens with two attached hydrogens (primary N) is 1. The molecule has 2 saturated heterocycles. The Morgan fingerprint density at radius 2 is 1.82 bits per heavy atom. The number of aromatic nitrogens is 1. The van der Waals surface area contributed by atoms with Crippen LogP contribution in [0.2, 0.25) is 0 Å². The summed E-state index contributed by atoms with van der Waals surface area (Å²) in [5.41, 5.74) is 6.33. The molecule has 2 aromatic rings. The molecule has 9 heteroatoms. The first-order valence-corrected chi connectivity index (χ1v) is 13.6. The molecule has 38 heavy (non-hydrogen) atoms. The van der Waals surface area contributed by atoms with Gasteiger partial charge in [0.05, 0.1) is 24.6 Å². The summed E-state index contributed by atoms with van der Waals surface area (Å²) in [4.78, 5) is 32.6. The highest BCUT2D eigenvalue weighted by atomic mass is 19.1. The van der Waals surface area contributed by atoms with Crippen LogP contribution in [0.3, 0.4) is 0 Å². The van der Waals surface area contributed by atoms with Gasteiger partial charge in [0.2, 0.25) is 5.91 Å². The van der Waals surface area contributed by atoms with Gasteiger partial charge in [-0.15, -0.1) is 0 Å². The van der Waals surface area contributed by atoms with E-state index < -0.39 is 23.7 Å². The fourth-order valence-electron chi connectivity index (χ4n) is 5.29. The highest BCUT2D eigenvalue weighted by Gasteiger charge is 2.38. The zero-order valence-electron chi connectivity index (χ0n) is 22.3. The number of hydrogen-bond donors (Lipinski definition) is 2. The van der Waals surface area contributed by atoms with Crippen molar-refractivity contribution >= 4 is 11.8 Å². The lowest BCUT2D eigenvalue weighted by molar-refractivity contribution is -0.121. The van der Waals surface area contributed by atoms with Gasteiger partial charge < -0.3 is 25.4 Å². The number of rotatable bonds is 10. The summed E-state index contributed by atoms with van der Waals surface area (Å²) in [5, 5.41) is 9.87. The number of aliphatic hydroxyl groups excluding tert-OH is 1. The van der Waals surface area contributed by atoms with E-state index in [1.807, 2.05) is 26.0 Å². The molecule has 0 radical (unpaired) electrons. The normalized spacial score (nSPS) is 21.0. The molecule has 2 amide bonds. The summed E-state index contributed by atoms with van der Waals surface area (Å²) in [5.74, 6) is 0.196. The lowest BCUT2D eigenvalue weighted by atomic mass is 9.94. The van der Waals surface area contributed by atoms with Gasteiger partial charge in [-0.3, -0.25) is 14.6 Å². The van der Waals surface area contributed by atoms with E-state index in [1.165, 1.54) is 4.90 Å². The molecule has 2 aliphatic heterocycles. The molecule has 0 saturated carbocycles. The Morgan fingerprint density at radius 1 is 1.13 bits per heavy atom. The zero-order valence-corrected chi connectivity index (χ0v) is 22.3. The van der Waals surface area contributed by atoms with Crippen LogP contribution in [-0.4, -0.2) is 82.3 Å². The number of aliphatic hydroxyl groups is 1. The van der Waals surface area contributed by atoms with Gasteiger partial charge in [-0.05, 0) is 69.0 Å². The predicted octanol–water partition coefficient (Wildman–Crippen LogP) is 3.43. The van der Waals surface area contributed by atoms with Crippen LogP contribution in [0.4, 0.5) is 4.39 Å². The van der Waals surface area contributed by atoms with Crippen LogP contribution >= 0.6 is 0 Å². The fraction of sp³-hybridized carbons (Fsp3) is 0.552. The van der Waals surface area contributed by atoms with Crippen molar-refractivity contribution in [1.29, 1.82) is 0 Å². The zero-order chi connectivity index (χ0) is 27.3. The third kappa shape index (κ3) is 6.69. The van der Waals surface area contributed by atoms with E-state index in [1.54, 1.807) is 30.5 Å². The number of alkyl halides is 1. The van der Waals surface area contributed by atoms with Crippen molar-refractivity contribution in [3.63, 3.8) is 0 Å². The summed E-state index contributed by atoms with van der Waals surface area (Å²) >= 11 is 0. The number of ether oxygens (including phenoxy) is 1. The molecular weight excluding hydrogens is 487 g/mol. The molecule has 3 N–H and O–H groups in total. The second kappa shape index (κ2) is 12.2. The number of piperidine rings is 1. The Bertz CT molecular complexity index is 1080. The van der Waals surface area contributed by atoms with Gasteiger partial charge in [-0.1, -0.05) is 26.0 Å². The molecule has 3 heterocycles. The van der Waals surface area contributed by atoms with Gasteiger partial charge in [-0.2, -0.15) is 0 Å². The number of benzene rings is 1. The molecule has 0 aliphatic carbocycles. The Hall–Kier alpha value is -3.04. The summed E-state index contributed by atoms with van der Waals surface area (Å²) in [6, 6.07) is 9.96. The topological polar surface area (TPSA) is 109 Å². The van der Waals surface area contributed by atoms with Crippen molar-refractivity contribution in [3.8, 4) is 17.0 Å². The average molecular weight is 527 g/mol. The maximum atomic E-state index is 14.7. The van der Waals surface area contributed by atoms with Gasteiger partial charge >= 0.3 is 0 Å². The van der Waals surface area contributed by atoms with Gasteiger partial charge in [0.25, 0.3) is 5.91 Å². The number of carbonyl (C=O) groups is 2. The summed E-state index contributed by atoms with van der Waals surface area (Å²) in [7, 11) is 0. The van der Waals surface area contributed by atoms with Gasteiger partial charge in [-0.25, -0.2) is 4.39 Å². The first kappa shape index (κ1) is 28.0. The van der Waals surface area contributed by atoms with Crippen LogP contribution in [0.5, 0.6) is 5.75 Å². The van der Waals surface area contributed by atoms with Crippen LogP contribution < -0.4 is 10.5 Å². The van der Waals surface area contributed by atoms with Crippen molar-refractivity contribution < 1.29 is 23.8 Å². The standard InChI is InChI=1S/C29H39FN4O4/c1-3-29(30,4-2)19-33-13-11-20(12-14-33)18-38-24-9-10-25(32-16-24)21-5-7-22(8-6-21)28(37)34-17-23(35)15-26(34)27(31)36/h5-10,16,20,23,26,35H,3-4,11-15,17-19H2,1-2H3,(H2,31,36)/t23-,26+/m1/s1. The fourth-order valence-corrected chi connectivity index (χ4v) is 5.29. The second-order valence-electron chi connectivity index (χ2n) is 10.6. The monoisotopic (exact) mass is 526 g/mol. The lowest BCUT2D eigenvalue weighted by Gasteiger charge is -2.36. The summed E-state index contributed by atoms with van der Waals surface area (Å²) < 4.78 is 20.7. The largest absolute Gasteiger partial charge is 0.492 e. The maximum absolute atomic E-state index is 14.7. The first-order chi connectivity index (χ1) is 18.2. The van der Waals surface area contributed by atoms with Gasteiger partial charge in [0.15, 0.2) is 0 Å². The van der Waals surface area contributed by atoms with Gasteiger partial charge in [0.1, 0.15) is 17.5 Å². The molecule has 0 spiro atoms. The molecule has 0 unspecified atom stereocenters. The van der Waals surface area contributed by atoms with Crippen molar-refractivity contribution in [1.82, 2.24) is 14.8 Å². The van der Waals surface area contributed by atoms with Crippen molar-refractivity contribution in [3.05, 3.63) is 48.2 Å². The van der Waals surface area contributed by atoms with Crippen molar-refractivity contribution in [2.45, 2.75) is 63.8 Å². The summed E-state index contributed by atoms with van der Waals surface area (Å²) in [6.45, 7) is 6.86. The lowest BCUT2D eigenvalue weighted by Crippen LogP contribution is -2.44. The van der Waals surface area contributed by atoms with Crippen LogP contribution in [0.1, 0.15) is 56.3 Å². The number of carbonyl (C=O) groups excluding carboxylic acids is 2. The maximum Gasteiger partial charge on any atom is 0.254 e. The predicted molar refractivity (Wildman–Crippen MR) is 143 cm³/mol. The van der Waals surface area contributed by atoms with E-state index in [0.717, 1.165) is 37.2 Å². The minimum Gasteiger partial charge on any atom is -0.492 e. The van der Waals surface area contributed by atoms with E-state index in [-0.39, 0.29) is 18.9 Å². The van der Waals surface area contributed by atoms with Crippen LogP contribution in [0.25, 0.3) is 11.3 Å². The molecule has 0 bridgehead atoms. The molecule has 1 aromatic carbocycles. The summed E-state index contributed by atoms with van der Waals surface area (Å²) in [6.07, 6.45) is 4.21. The van der Waals surface area contributed by atoms with E-state index in [9.17, 15) is 19.1 Å². The van der Waals surface area contributed by atoms with E-state index in [0.29, 0.717) is 43.2 Å². The van der Waals surface area contributed by atoms with E-state index in [4.69, 9.17) is 10.5 Å². The molecule has 8 nitrogen and oxygen atoms in total. The Labute approximate surface area is 224 Å². The Kier molecular flexibility index (Phi) is 8.99. The highest BCUT2D eigenvalue weighted by Crippen LogP contribution is 2.27. The average Bonchev–Trinajstić information content (AvgIpc) is 3.34. The SMILES string of the molecule is CCC(F)(CC)CN1CCC(COc2ccc(-c3ccc(C(=O)N4C[C@H](O)C[C@H]4C(N)=O)cc3)nc2)CC1. The minimum atomic E-state index is -1.09. The van der Waals surface area contributed by atoms with Crippen LogP contribution in [0, 0.1) is 5.92 Å². The number of halogens is 1. The van der Waals surface area contributed by atoms with Crippen molar-refractivity contribution in [2.24, 2.45) is 11.7 Å². The number of β-amino-alcohol motifs (C(OH)–C–C–N with tert-alkyl or cyclic N) is 1. The minimum absolute atomic E-state index is 0.0896. The van der Waals surface area contributed by atoms with Crippen molar-refractivity contribution in [2.75, 3.05) is 32.8 Å². The Balaban J connectivity index is 1.27. The van der Waals surface area contributed by atoms with E-state index >= 15 is 0 Å². The molecule has 1 aromatic heterocycles. The van der Waals surface area contributed by atoms with Gasteiger partial charge in [0, 0.05) is 30.6 Å². The van der Waals surface area contributed by atoms with E-state index in [2.05, 4.69) is 9.88 Å². The Morgan fingerprint density at radius 3 is 2.39 bits per heavy atom. The highest BCUT2D eigenvalue weighted by molar-refractivity contribution is 5.98. The number of amides is 2. The molecule has 206 valence electrons. The third-order valence-electron chi connectivity index (χ3n) is 8.00. The second-order valence-corrected chi connectivity index (χ2v) is 10.6.